The summed E-state index contributed by atoms with van der Waals surface area (Å²) in [6, 6.07) is 6.96. The summed E-state index contributed by atoms with van der Waals surface area (Å²) in [7, 11) is -3.54. The van der Waals surface area contributed by atoms with Gasteiger partial charge in [0.25, 0.3) is 0 Å². The number of carbonyl (C=O) groups excluding carboxylic acids is 1. The highest BCUT2D eigenvalue weighted by atomic mass is 32.2. The third-order valence-electron chi connectivity index (χ3n) is 9.53. The van der Waals surface area contributed by atoms with E-state index in [2.05, 4.69) is 5.32 Å². The van der Waals surface area contributed by atoms with E-state index in [0.29, 0.717) is 23.4 Å². The summed E-state index contributed by atoms with van der Waals surface area (Å²) in [5.74, 6) is 2.66. The lowest BCUT2D eigenvalue weighted by atomic mass is 9.30. The van der Waals surface area contributed by atoms with Crippen LogP contribution >= 0.6 is 0 Å². The minimum Gasteiger partial charge on any atom is -0.354 e. The largest absolute Gasteiger partial charge is 0.354 e. The molecule has 1 spiro atoms. The number of sulfonamides is 1. The molecule has 1 aromatic rings. The second-order valence-electron chi connectivity index (χ2n) is 10.8. The minimum absolute atomic E-state index is 0.122. The van der Waals surface area contributed by atoms with Crippen molar-refractivity contribution in [2.75, 3.05) is 13.1 Å². The number of amides is 1. The van der Waals surface area contributed by atoms with Crippen LogP contribution in [0.1, 0.15) is 56.9 Å². The van der Waals surface area contributed by atoms with Gasteiger partial charge in [0.1, 0.15) is 0 Å². The molecule has 4 unspecified atom stereocenters. The molecule has 6 rings (SSSR count). The van der Waals surface area contributed by atoms with Crippen molar-refractivity contribution in [3.05, 3.63) is 29.8 Å². The molecule has 4 saturated carbocycles. The van der Waals surface area contributed by atoms with Gasteiger partial charge in [-0.25, -0.2) is 8.42 Å². The van der Waals surface area contributed by atoms with Gasteiger partial charge in [0.15, 0.2) is 0 Å². The Morgan fingerprint density at radius 3 is 2.47 bits per heavy atom. The summed E-state index contributed by atoms with van der Waals surface area (Å²) in [6.45, 7) is 2.94. The Kier molecular flexibility index (Phi) is 4.06. The van der Waals surface area contributed by atoms with E-state index in [1.54, 1.807) is 16.4 Å². The van der Waals surface area contributed by atoms with Crippen LogP contribution < -0.4 is 5.32 Å². The van der Waals surface area contributed by atoms with E-state index in [4.69, 9.17) is 0 Å². The molecule has 5 aliphatic rings. The standard InChI is InChI=1S/C24H32N2O3S/c1-16-5-7-21(8-6-16)30(28,29)26-9-3-2-4-20(26)15-25-22(27)23-13-18-10-17-11-19(14-23)24(18,23)12-17/h5-8,17-20H,2-4,9-15H2,1H3,(H,25,27)/t17?,18-,19+,20?,23?,24?. The molecule has 1 saturated heterocycles. The molecule has 1 heterocycles. The number of piperidine rings is 1. The first-order chi connectivity index (χ1) is 14.4. The molecule has 6 atom stereocenters. The van der Waals surface area contributed by atoms with E-state index < -0.39 is 10.0 Å². The van der Waals surface area contributed by atoms with E-state index in [1.807, 2.05) is 19.1 Å². The molecular weight excluding hydrogens is 396 g/mol. The fourth-order valence-corrected chi connectivity index (χ4v) is 9.99. The van der Waals surface area contributed by atoms with Crippen LogP contribution in [0.5, 0.6) is 0 Å². The van der Waals surface area contributed by atoms with Crippen LogP contribution in [0.3, 0.4) is 0 Å². The van der Waals surface area contributed by atoms with Crippen molar-refractivity contribution in [2.45, 2.75) is 69.2 Å². The van der Waals surface area contributed by atoms with Crippen molar-refractivity contribution in [1.82, 2.24) is 9.62 Å². The number of aryl methyl sites for hydroxylation is 1. The van der Waals surface area contributed by atoms with Gasteiger partial charge < -0.3 is 5.32 Å². The van der Waals surface area contributed by atoms with Crippen molar-refractivity contribution in [2.24, 2.45) is 28.6 Å². The zero-order chi connectivity index (χ0) is 20.7. The van der Waals surface area contributed by atoms with E-state index in [0.717, 1.165) is 55.4 Å². The smallest absolute Gasteiger partial charge is 0.243 e. The van der Waals surface area contributed by atoms with Gasteiger partial charge in [-0.15, -0.1) is 0 Å². The van der Waals surface area contributed by atoms with Gasteiger partial charge in [-0.2, -0.15) is 4.31 Å². The Balaban J connectivity index is 1.17. The SMILES string of the molecule is Cc1ccc(S(=O)(=O)N2CCCCC2CNC(=O)C23C[C@H]4CC5C[C@@H](C2)C43C5)cc1. The van der Waals surface area contributed by atoms with E-state index in [-0.39, 0.29) is 17.4 Å². The molecule has 30 heavy (non-hydrogen) atoms. The fraction of sp³-hybridized carbons (Fsp3) is 0.708. The quantitative estimate of drug-likeness (QED) is 0.781. The third-order valence-corrected chi connectivity index (χ3v) is 11.5. The Labute approximate surface area is 179 Å². The third kappa shape index (κ3) is 2.32. The van der Waals surface area contributed by atoms with Gasteiger partial charge in [0.05, 0.1) is 10.3 Å². The number of hydrogen-bond acceptors (Lipinski definition) is 3. The van der Waals surface area contributed by atoms with Crippen LogP contribution in [0.25, 0.3) is 0 Å². The van der Waals surface area contributed by atoms with Crippen LogP contribution in [-0.2, 0) is 14.8 Å². The van der Waals surface area contributed by atoms with Crippen LogP contribution in [0.2, 0.25) is 0 Å². The number of hydrogen-bond donors (Lipinski definition) is 1. The number of benzene rings is 1. The molecule has 5 fully saturated rings. The molecular formula is C24H32N2O3S. The first kappa shape index (κ1) is 19.3. The van der Waals surface area contributed by atoms with Crippen molar-refractivity contribution in [1.29, 1.82) is 0 Å². The van der Waals surface area contributed by atoms with Crippen LogP contribution in [-0.4, -0.2) is 37.8 Å². The number of carbonyl (C=O) groups is 1. The summed E-state index contributed by atoms with van der Waals surface area (Å²) in [5.41, 5.74) is 1.25. The maximum atomic E-state index is 13.3. The minimum atomic E-state index is -3.54. The summed E-state index contributed by atoms with van der Waals surface area (Å²) in [6.07, 6.45) is 8.82. The Bertz CT molecular complexity index is 970. The highest BCUT2D eigenvalue weighted by molar-refractivity contribution is 7.89. The van der Waals surface area contributed by atoms with Gasteiger partial charge in [-0.1, -0.05) is 24.1 Å². The van der Waals surface area contributed by atoms with Crippen LogP contribution in [0.15, 0.2) is 29.2 Å². The maximum Gasteiger partial charge on any atom is 0.243 e. The predicted octanol–water partition coefficient (Wildman–Crippen LogP) is 3.48. The first-order valence-electron chi connectivity index (χ1n) is 11.7. The average Bonchev–Trinajstić information content (AvgIpc) is 3.24. The summed E-state index contributed by atoms with van der Waals surface area (Å²) < 4.78 is 28.2. The molecule has 1 amide bonds. The number of nitrogens with one attached hydrogen (secondary N) is 1. The molecule has 162 valence electrons. The molecule has 0 radical (unpaired) electrons. The second kappa shape index (κ2) is 6.32. The first-order valence-corrected chi connectivity index (χ1v) is 13.2. The molecule has 5 nitrogen and oxygen atoms in total. The molecule has 1 N–H and O–H groups in total. The Hall–Kier alpha value is -1.40. The van der Waals surface area contributed by atoms with E-state index in [9.17, 15) is 13.2 Å². The topological polar surface area (TPSA) is 66.5 Å². The average molecular weight is 429 g/mol. The maximum absolute atomic E-state index is 13.3. The van der Waals surface area contributed by atoms with Crippen LogP contribution in [0, 0.1) is 35.5 Å². The summed E-state index contributed by atoms with van der Waals surface area (Å²) in [5, 5.41) is 3.24. The number of rotatable bonds is 5. The predicted molar refractivity (Wildman–Crippen MR) is 114 cm³/mol. The molecule has 2 bridgehead atoms. The van der Waals surface area contributed by atoms with Crippen LogP contribution in [0.4, 0.5) is 0 Å². The monoisotopic (exact) mass is 428 g/mol. The highest BCUT2D eigenvalue weighted by Crippen LogP contribution is 2.86. The van der Waals surface area contributed by atoms with Gasteiger partial charge in [0.2, 0.25) is 15.9 Å². The lowest BCUT2D eigenvalue weighted by Crippen LogP contribution is -2.73. The zero-order valence-corrected chi connectivity index (χ0v) is 18.6. The molecule has 0 aromatic heterocycles. The van der Waals surface area contributed by atoms with E-state index >= 15 is 0 Å². The fourth-order valence-electron chi connectivity index (χ4n) is 8.30. The van der Waals surface area contributed by atoms with Gasteiger partial charge in [-0.3, -0.25) is 4.79 Å². The van der Waals surface area contributed by atoms with Gasteiger partial charge in [0, 0.05) is 19.1 Å². The molecule has 1 aliphatic heterocycles. The zero-order valence-electron chi connectivity index (χ0n) is 17.8. The molecule has 6 heteroatoms. The summed E-state index contributed by atoms with van der Waals surface area (Å²) >= 11 is 0. The number of fused-ring (bicyclic) bond motifs is 1. The second-order valence-corrected chi connectivity index (χ2v) is 12.6. The Morgan fingerprint density at radius 1 is 1.10 bits per heavy atom. The van der Waals surface area contributed by atoms with Gasteiger partial charge >= 0.3 is 0 Å². The molecule has 4 aliphatic carbocycles. The van der Waals surface area contributed by atoms with Crippen molar-refractivity contribution in [3.63, 3.8) is 0 Å². The van der Waals surface area contributed by atoms with Crippen molar-refractivity contribution >= 4 is 15.9 Å². The summed E-state index contributed by atoms with van der Waals surface area (Å²) in [4.78, 5) is 13.7. The lowest BCUT2D eigenvalue weighted by molar-refractivity contribution is -0.249. The number of nitrogens with zero attached hydrogens (tertiary/aromatic N) is 1. The normalized spacial score (nSPS) is 41.6. The van der Waals surface area contributed by atoms with E-state index in [1.165, 1.54) is 19.3 Å². The highest BCUT2D eigenvalue weighted by Gasteiger charge is 2.83. The lowest BCUT2D eigenvalue weighted by Gasteiger charge is -2.73. The van der Waals surface area contributed by atoms with Crippen molar-refractivity contribution < 1.29 is 13.2 Å². The molecule has 1 aromatic carbocycles. The van der Waals surface area contributed by atoms with Gasteiger partial charge in [-0.05, 0) is 87.2 Å². The van der Waals surface area contributed by atoms with Crippen molar-refractivity contribution in [3.8, 4) is 0 Å². The Morgan fingerprint density at radius 2 is 1.80 bits per heavy atom.